The Bertz CT molecular complexity index is 561. The van der Waals surface area contributed by atoms with Crippen molar-refractivity contribution in [2.45, 2.75) is 13.1 Å². The molecule has 0 aliphatic heterocycles. The fourth-order valence-electron chi connectivity index (χ4n) is 1.70. The second kappa shape index (κ2) is 8.35. The number of rotatable bonds is 6. The number of carbonyl (C=O) groups excluding carboxylic acids is 1. The van der Waals surface area contributed by atoms with Gasteiger partial charge in [0, 0.05) is 5.69 Å². The third-order valence-electron chi connectivity index (χ3n) is 2.57. The number of para-hydroxylation sites is 1. The molecule has 7 nitrogen and oxygen atoms in total. The van der Waals surface area contributed by atoms with E-state index in [1.54, 1.807) is 4.90 Å². The van der Waals surface area contributed by atoms with E-state index in [0.717, 1.165) is 5.69 Å². The van der Waals surface area contributed by atoms with Gasteiger partial charge in [0.1, 0.15) is 0 Å². The lowest BCUT2D eigenvalue weighted by atomic mass is 10.3. The van der Waals surface area contributed by atoms with Crippen LogP contribution >= 0.6 is 12.4 Å². The van der Waals surface area contributed by atoms with Crippen LogP contribution in [0.5, 0.6) is 0 Å². The molecule has 0 spiro atoms. The van der Waals surface area contributed by atoms with Crippen LogP contribution in [0.25, 0.3) is 0 Å². The molecule has 0 unspecified atom stereocenters. The average Bonchev–Trinajstić information content (AvgIpc) is 2.87. The first-order chi connectivity index (χ1) is 9.67. The maximum atomic E-state index is 11.8. The van der Waals surface area contributed by atoms with Crippen molar-refractivity contribution in [3.63, 3.8) is 0 Å². The highest BCUT2D eigenvalue weighted by atomic mass is 35.5. The predicted molar refractivity (Wildman–Crippen MR) is 80.8 cm³/mol. The summed E-state index contributed by atoms with van der Waals surface area (Å²) in [6, 6.07) is 9.31. The quantitative estimate of drug-likeness (QED) is 0.826. The summed E-state index contributed by atoms with van der Waals surface area (Å²) in [5.41, 5.74) is 6.16. The Morgan fingerprint density at radius 2 is 2.10 bits per heavy atom. The first kappa shape index (κ1) is 17.1. The summed E-state index contributed by atoms with van der Waals surface area (Å²) in [6.07, 6.45) is 0. The molecule has 0 fully saturated rings. The maximum Gasteiger partial charge on any atom is 0.240 e. The Labute approximate surface area is 128 Å². The smallest absolute Gasteiger partial charge is 0.240 e. The fraction of sp³-hybridized carbons (Fsp3) is 0.308. The van der Waals surface area contributed by atoms with Crippen molar-refractivity contribution in [1.29, 1.82) is 0 Å². The second-order valence-corrected chi connectivity index (χ2v) is 4.39. The largest absolute Gasteiger partial charge is 0.338 e. The van der Waals surface area contributed by atoms with Crippen molar-refractivity contribution < 1.29 is 9.32 Å². The van der Waals surface area contributed by atoms with Crippen LogP contribution < -0.4 is 11.1 Å². The number of nitrogens with zero attached hydrogens (tertiary/aromatic N) is 3. The van der Waals surface area contributed by atoms with Gasteiger partial charge in [-0.25, -0.2) is 0 Å². The Morgan fingerprint density at radius 1 is 1.38 bits per heavy atom. The van der Waals surface area contributed by atoms with Crippen molar-refractivity contribution in [3.05, 3.63) is 42.0 Å². The van der Waals surface area contributed by atoms with Gasteiger partial charge >= 0.3 is 0 Å². The molecule has 1 aromatic carbocycles. The summed E-state index contributed by atoms with van der Waals surface area (Å²) in [6.45, 7) is 0.873. The van der Waals surface area contributed by atoms with Gasteiger partial charge < -0.3 is 15.6 Å². The molecule has 21 heavy (non-hydrogen) atoms. The summed E-state index contributed by atoms with van der Waals surface area (Å²) >= 11 is 0. The lowest BCUT2D eigenvalue weighted by Crippen LogP contribution is -2.30. The Hall–Kier alpha value is -1.96. The van der Waals surface area contributed by atoms with Crippen molar-refractivity contribution in [2.24, 2.45) is 5.73 Å². The Morgan fingerprint density at radius 3 is 2.71 bits per heavy atom. The zero-order valence-electron chi connectivity index (χ0n) is 11.7. The predicted octanol–water partition coefficient (Wildman–Crippen LogP) is 1.02. The van der Waals surface area contributed by atoms with Crippen LogP contribution in [0.1, 0.15) is 11.7 Å². The van der Waals surface area contributed by atoms with E-state index in [4.69, 9.17) is 10.3 Å². The topological polar surface area (TPSA) is 97.3 Å². The number of aromatic nitrogens is 2. The van der Waals surface area contributed by atoms with Crippen LogP contribution in [0.3, 0.4) is 0 Å². The van der Waals surface area contributed by atoms with Crippen molar-refractivity contribution >= 4 is 24.0 Å². The Kier molecular flexibility index (Phi) is 6.80. The molecule has 0 bridgehead atoms. The molecular weight excluding hydrogens is 294 g/mol. The maximum absolute atomic E-state index is 11.8. The van der Waals surface area contributed by atoms with Crippen LogP contribution in [0.4, 0.5) is 5.69 Å². The zero-order valence-corrected chi connectivity index (χ0v) is 12.5. The van der Waals surface area contributed by atoms with E-state index in [-0.39, 0.29) is 31.4 Å². The molecule has 0 atom stereocenters. The molecule has 1 aromatic heterocycles. The molecule has 8 heteroatoms. The zero-order chi connectivity index (χ0) is 14.4. The molecule has 0 aliphatic rings. The minimum atomic E-state index is -0.0961. The van der Waals surface area contributed by atoms with E-state index in [0.29, 0.717) is 18.3 Å². The van der Waals surface area contributed by atoms with Crippen LogP contribution in [0.2, 0.25) is 0 Å². The third-order valence-corrected chi connectivity index (χ3v) is 2.57. The SMILES string of the molecule is CN(CC(=O)Nc1ccccc1)Cc1noc(CN)n1.Cl. The number of hydrogen-bond donors (Lipinski definition) is 2. The second-order valence-electron chi connectivity index (χ2n) is 4.39. The van der Waals surface area contributed by atoms with Gasteiger partial charge in [0.05, 0.1) is 19.6 Å². The summed E-state index contributed by atoms with van der Waals surface area (Å²) < 4.78 is 4.90. The van der Waals surface area contributed by atoms with Crippen molar-refractivity contribution in [2.75, 3.05) is 18.9 Å². The first-order valence-electron chi connectivity index (χ1n) is 6.22. The molecule has 0 saturated carbocycles. The van der Waals surface area contributed by atoms with Gasteiger partial charge in [-0.2, -0.15) is 4.98 Å². The van der Waals surface area contributed by atoms with E-state index in [9.17, 15) is 4.79 Å². The molecule has 1 amide bonds. The molecule has 0 saturated heterocycles. The van der Waals surface area contributed by atoms with Crippen LogP contribution in [-0.2, 0) is 17.9 Å². The van der Waals surface area contributed by atoms with E-state index < -0.39 is 0 Å². The van der Waals surface area contributed by atoms with Crippen molar-refractivity contribution in [3.8, 4) is 0 Å². The van der Waals surface area contributed by atoms with Gasteiger partial charge in [-0.15, -0.1) is 12.4 Å². The Balaban J connectivity index is 0.00000220. The molecule has 114 valence electrons. The molecule has 1 heterocycles. The standard InChI is InChI=1S/C13H17N5O2.ClH/c1-18(8-11-16-13(7-14)20-17-11)9-12(19)15-10-5-3-2-4-6-10;/h2-6H,7-9,14H2,1H3,(H,15,19);1H. The lowest BCUT2D eigenvalue weighted by Gasteiger charge is -2.13. The summed E-state index contributed by atoms with van der Waals surface area (Å²) in [4.78, 5) is 17.7. The molecule has 3 N–H and O–H groups in total. The highest BCUT2D eigenvalue weighted by Gasteiger charge is 2.11. The molecule has 2 rings (SSSR count). The van der Waals surface area contributed by atoms with Crippen LogP contribution in [0.15, 0.2) is 34.9 Å². The van der Waals surface area contributed by atoms with E-state index >= 15 is 0 Å². The summed E-state index contributed by atoms with van der Waals surface area (Å²) in [5.74, 6) is 0.809. The fourth-order valence-corrected chi connectivity index (χ4v) is 1.70. The molecule has 0 radical (unpaired) electrons. The number of anilines is 1. The van der Waals surface area contributed by atoms with Gasteiger partial charge in [-0.1, -0.05) is 23.4 Å². The highest BCUT2D eigenvalue weighted by molar-refractivity contribution is 5.92. The van der Waals surface area contributed by atoms with E-state index in [1.165, 1.54) is 0 Å². The highest BCUT2D eigenvalue weighted by Crippen LogP contribution is 2.05. The molecule has 2 aromatic rings. The van der Waals surface area contributed by atoms with Gasteiger partial charge in [-0.3, -0.25) is 9.69 Å². The normalized spacial score (nSPS) is 10.2. The van der Waals surface area contributed by atoms with Gasteiger partial charge in [0.2, 0.25) is 11.8 Å². The van der Waals surface area contributed by atoms with Gasteiger partial charge in [0.15, 0.2) is 5.82 Å². The monoisotopic (exact) mass is 311 g/mol. The molecule has 0 aliphatic carbocycles. The minimum absolute atomic E-state index is 0. The summed E-state index contributed by atoms with van der Waals surface area (Å²) in [5, 5.41) is 6.59. The number of hydrogen-bond acceptors (Lipinski definition) is 6. The number of carbonyl (C=O) groups is 1. The number of halogens is 1. The third kappa shape index (κ3) is 5.50. The van der Waals surface area contributed by atoms with Crippen LogP contribution in [-0.4, -0.2) is 34.5 Å². The van der Waals surface area contributed by atoms with Crippen LogP contribution in [0, 0.1) is 0 Å². The average molecular weight is 312 g/mol. The number of nitrogens with one attached hydrogen (secondary N) is 1. The van der Waals surface area contributed by atoms with Crippen molar-refractivity contribution in [1.82, 2.24) is 15.0 Å². The first-order valence-corrected chi connectivity index (χ1v) is 6.22. The summed E-state index contributed by atoms with van der Waals surface area (Å²) in [7, 11) is 1.81. The van der Waals surface area contributed by atoms with E-state index in [1.807, 2.05) is 37.4 Å². The molecular formula is C13H18ClN5O2. The lowest BCUT2D eigenvalue weighted by molar-refractivity contribution is -0.117. The van der Waals surface area contributed by atoms with Gasteiger partial charge in [0.25, 0.3) is 0 Å². The minimum Gasteiger partial charge on any atom is -0.338 e. The number of benzene rings is 1. The number of likely N-dealkylation sites (N-methyl/N-ethyl adjacent to an activating group) is 1. The number of nitrogens with two attached hydrogens (primary N) is 1. The van der Waals surface area contributed by atoms with E-state index in [2.05, 4.69) is 15.5 Å². The number of amides is 1. The van der Waals surface area contributed by atoms with Gasteiger partial charge in [-0.05, 0) is 19.2 Å².